The Kier molecular flexibility index (Phi) is 10.7. The summed E-state index contributed by atoms with van der Waals surface area (Å²) in [6, 6.07) is 60.5. The van der Waals surface area contributed by atoms with Crippen molar-refractivity contribution in [2.75, 3.05) is 0 Å². The molecular weight excluding hydrogens is 677 g/mol. The van der Waals surface area contributed by atoms with Crippen LogP contribution in [0, 0.1) is 0 Å². The lowest BCUT2D eigenvalue weighted by Gasteiger charge is -2.34. The van der Waals surface area contributed by atoms with E-state index >= 15 is 0 Å². The van der Waals surface area contributed by atoms with Crippen molar-refractivity contribution in [3.8, 4) is 51.0 Å². The number of benzene rings is 7. The van der Waals surface area contributed by atoms with Crippen LogP contribution in [0.4, 0.5) is 0 Å². The van der Waals surface area contributed by atoms with Crippen molar-refractivity contribution in [2.24, 2.45) is 0 Å². The predicted molar refractivity (Wildman–Crippen MR) is 214 cm³/mol. The number of para-hydroxylation sites is 3. The molecule has 7 aromatic carbocycles. The van der Waals surface area contributed by atoms with Gasteiger partial charge in [-0.05, 0) is 94.0 Å². The lowest BCUT2D eigenvalue weighted by molar-refractivity contribution is -0.140. The Morgan fingerprint density at radius 3 is 1.30 bits per heavy atom. The molecule has 0 saturated heterocycles. The maximum Gasteiger partial charge on any atom is 0.355 e. The molecular formula is C47H36O5S. The number of carboxylic acids is 1. The molecule has 0 radical (unpaired) electrons. The standard InChI is InChI=1S/C47H36O5S/c1-2-47(53-46(45(48)49)52-42-20-10-5-11-21-42,38-28-24-34(25-29-38)36-14-12-22-43(32-36)50-40-16-6-3-7-17-40)39-30-26-35(27-31-39)37-15-13-23-44(33-37)51-41-18-8-4-9-19-41/h2-33,46H,1H2,(H,48,49). The van der Waals surface area contributed by atoms with E-state index in [0.717, 1.165) is 56.4 Å². The average molecular weight is 713 g/mol. The van der Waals surface area contributed by atoms with Crippen LogP contribution in [0.2, 0.25) is 0 Å². The van der Waals surface area contributed by atoms with E-state index in [0.29, 0.717) is 5.75 Å². The Morgan fingerprint density at radius 2 is 0.906 bits per heavy atom. The zero-order valence-electron chi connectivity index (χ0n) is 28.7. The molecule has 0 amide bonds. The number of aliphatic carboxylic acids is 1. The number of hydrogen-bond acceptors (Lipinski definition) is 5. The summed E-state index contributed by atoms with van der Waals surface area (Å²) in [4.78, 5) is 12.8. The largest absolute Gasteiger partial charge is 0.478 e. The second kappa shape index (κ2) is 16.2. The Bertz CT molecular complexity index is 2140. The molecule has 53 heavy (non-hydrogen) atoms. The Balaban J connectivity index is 1.22. The van der Waals surface area contributed by atoms with Gasteiger partial charge in [-0.2, -0.15) is 0 Å². The number of hydrogen-bond donors (Lipinski definition) is 1. The number of ether oxygens (including phenoxy) is 3. The summed E-state index contributed by atoms with van der Waals surface area (Å²) in [5.41, 5.74) is 4.41. The number of thioether (sulfide) groups is 1. The Labute approximate surface area is 313 Å². The first-order valence-corrected chi connectivity index (χ1v) is 18.0. The zero-order valence-corrected chi connectivity index (χ0v) is 29.6. The monoisotopic (exact) mass is 712 g/mol. The predicted octanol–water partition coefficient (Wildman–Crippen LogP) is 12.3. The van der Waals surface area contributed by atoms with Gasteiger partial charge in [-0.25, -0.2) is 4.79 Å². The summed E-state index contributed by atoms with van der Waals surface area (Å²) in [6.07, 6.45) is 1.80. The van der Waals surface area contributed by atoms with Crippen LogP contribution in [0.15, 0.2) is 201 Å². The van der Waals surface area contributed by atoms with Crippen molar-refractivity contribution >= 4 is 17.7 Å². The molecule has 0 aliphatic rings. The van der Waals surface area contributed by atoms with E-state index in [1.54, 1.807) is 18.2 Å². The van der Waals surface area contributed by atoms with Crippen molar-refractivity contribution in [3.63, 3.8) is 0 Å². The SMILES string of the molecule is C=CC(SC(Oc1ccccc1)C(=O)O)(c1ccc(-c2cccc(Oc3ccccc3)c2)cc1)c1ccc(-c2cccc(Oc3ccccc3)c2)cc1. The van der Waals surface area contributed by atoms with Crippen LogP contribution < -0.4 is 14.2 Å². The van der Waals surface area contributed by atoms with Crippen LogP contribution in [0.5, 0.6) is 28.7 Å². The molecule has 0 aromatic heterocycles. The number of rotatable bonds is 14. The first-order chi connectivity index (χ1) is 26.0. The normalized spacial score (nSPS) is 11.6. The molecule has 0 heterocycles. The minimum Gasteiger partial charge on any atom is -0.478 e. The van der Waals surface area contributed by atoms with E-state index < -0.39 is 16.2 Å². The summed E-state index contributed by atoms with van der Waals surface area (Å²) >= 11 is 1.18. The van der Waals surface area contributed by atoms with Gasteiger partial charge in [0.05, 0.1) is 4.75 Å². The lowest BCUT2D eigenvalue weighted by atomic mass is 9.88. The molecule has 0 bridgehead atoms. The molecule has 5 nitrogen and oxygen atoms in total. The van der Waals surface area contributed by atoms with Gasteiger partial charge in [-0.15, -0.1) is 6.58 Å². The number of carbonyl (C=O) groups is 1. The van der Waals surface area contributed by atoms with Gasteiger partial charge in [0, 0.05) is 0 Å². The molecule has 1 atom stereocenters. The van der Waals surface area contributed by atoms with Crippen LogP contribution in [0.3, 0.4) is 0 Å². The van der Waals surface area contributed by atoms with Crippen LogP contribution in [-0.2, 0) is 9.54 Å². The first kappa shape index (κ1) is 34.9. The molecule has 0 spiro atoms. The summed E-state index contributed by atoms with van der Waals surface area (Å²) in [5, 5.41) is 10.4. The summed E-state index contributed by atoms with van der Waals surface area (Å²) < 4.78 is 17.3. The second-order valence-corrected chi connectivity index (χ2v) is 13.5. The van der Waals surface area contributed by atoms with E-state index in [9.17, 15) is 9.90 Å². The van der Waals surface area contributed by atoms with Crippen LogP contribution in [-0.4, -0.2) is 16.5 Å². The molecule has 7 rings (SSSR count). The summed E-state index contributed by atoms with van der Waals surface area (Å²) in [5.74, 6) is 2.35. The molecule has 0 aliphatic carbocycles. The van der Waals surface area contributed by atoms with E-state index in [-0.39, 0.29) is 0 Å². The smallest absolute Gasteiger partial charge is 0.355 e. The molecule has 0 aliphatic heterocycles. The highest BCUT2D eigenvalue weighted by Gasteiger charge is 2.39. The second-order valence-electron chi connectivity index (χ2n) is 12.2. The van der Waals surface area contributed by atoms with Crippen molar-refractivity contribution in [3.05, 3.63) is 212 Å². The molecule has 1 N–H and O–H groups in total. The fourth-order valence-electron chi connectivity index (χ4n) is 6.05. The lowest BCUT2D eigenvalue weighted by Crippen LogP contribution is -2.32. The molecule has 6 heteroatoms. The number of carboxylic acid groups (broad SMARTS) is 1. The first-order valence-electron chi connectivity index (χ1n) is 17.1. The highest BCUT2D eigenvalue weighted by atomic mass is 32.2. The van der Waals surface area contributed by atoms with Gasteiger partial charge in [0.25, 0.3) is 0 Å². The van der Waals surface area contributed by atoms with Gasteiger partial charge in [0.2, 0.25) is 5.44 Å². The zero-order chi connectivity index (χ0) is 36.5. The van der Waals surface area contributed by atoms with Crippen molar-refractivity contribution in [2.45, 2.75) is 10.2 Å². The molecule has 0 fully saturated rings. The minimum absolute atomic E-state index is 0.464. The van der Waals surface area contributed by atoms with Gasteiger partial charge >= 0.3 is 5.97 Å². The third-order valence-corrected chi connectivity index (χ3v) is 10.2. The highest BCUT2D eigenvalue weighted by Crippen LogP contribution is 2.47. The maximum absolute atomic E-state index is 12.8. The van der Waals surface area contributed by atoms with Gasteiger partial charge in [0.1, 0.15) is 28.7 Å². The van der Waals surface area contributed by atoms with Gasteiger partial charge in [-0.1, -0.05) is 145 Å². The van der Waals surface area contributed by atoms with Crippen LogP contribution in [0.25, 0.3) is 22.3 Å². The summed E-state index contributed by atoms with van der Waals surface area (Å²) in [6.45, 7) is 4.27. The van der Waals surface area contributed by atoms with Crippen molar-refractivity contribution in [1.29, 1.82) is 0 Å². The van der Waals surface area contributed by atoms with Gasteiger partial charge in [0.15, 0.2) is 0 Å². The third-order valence-electron chi connectivity index (χ3n) is 8.69. The quantitative estimate of drug-likeness (QED) is 0.0894. The Hall–Kier alpha value is -6.50. The third kappa shape index (κ3) is 8.36. The van der Waals surface area contributed by atoms with E-state index in [4.69, 9.17) is 14.2 Å². The Morgan fingerprint density at radius 1 is 0.509 bits per heavy atom. The van der Waals surface area contributed by atoms with Gasteiger partial charge < -0.3 is 19.3 Å². The van der Waals surface area contributed by atoms with E-state index in [1.807, 2.05) is 176 Å². The summed E-state index contributed by atoms with van der Waals surface area (Å²) in [7, 11) is 0. The van der Waals surface area contributed by atoms with Crippen LogP contribution in [0.1, 0.15) is 11.1 Å². The van der Waals surface area contributed by atoms with Crippen LogP contribution >= 0.6 is 11.8 Å². The molecule has 1 unspecified atom stereocenters. The minimum atomic E-state index is -1.24. The average Bonchev–Trinajstić information content (AvgIpc) is 3.21. The highest BCUT2D eigenvalue weighted by molar-refractivity contribution is 8.01. The van der Waals surface area contributed by atoms with Gasteiger partial charge in [-0.3, -0.25) is 0 Å². The van der Waals surface area contributed by atoms with Crippen molar-refractivity contribution in [1.82, 2.24) is 0 Å². The topological polar surface area (TPSA) is 65.0 Å². The fourth-order valence-corrected chi connectivity index (χ4v) is 7.29. The maximum atomic E-state index is 12.8. The van der Waals surface area contributed by atoms with E-state index in [2.05, 4.69) is 6.58 Å². The van der Waals surface area contributed by atoms with Crippen molar-refractivity contribution < 1.29 is 24.1 Å². The molecule has 260 valence electrons. The van der Waals surface area contributed by atoms with E-state index in [1.165, 1.54) is 11.8 Å². The molecule has 0 saturated carbocycles. The molecule has 7 aromatic rings. The fraction of sp³-hybridized carbons (Fsp3) is 0.0426.